The molecule has 5 heteroatoms. The van der Waals surface area contributed by atoms with Gasteiger partial charge in [-0.25, -0.2) is 0 Å². The van der Waals surface area contributed by atoms with E-state index in [1.807, 2.05) is 18.2 Å². The van der Waals surface area contributed by atoms with E-state index < -0.39 is 0 Å². The third-order valence-electron chi connectivity index (χ3n) is 2.52. The highest BCUT2D eigenvalue weighted by molar-refractivity contribution is 7.99. The average Bonchev–Trinajstić information content (AvgIpc) is 2.29. The van der Waals surface area contributed by atoms with Crippen molar-refractivity contribution in [3.05, 3.63) is 58.1 Å². The van der Waals surface area contributed by atoms with Crippen LogP contribution in [0.15, 0.2) is 52.3 Å². The molecule has 0 aliphatic carbocycles. The Morgan fingerprint density at radius 1 is 1.00 bits per heavy atom. The first kappa shape index (κ1) is 17.7. The Hall–Kier alpha value is -0.380. The molecule has 0 heterocycles. The normalized spacial score (nSPS) is 10.4. The molecule has 0 aliphatic rings. The zero-order chi connectivity index (χ0) is 13.8. The second-order valence-electron chi connectivity index (χ2n) is 4.55. The Morgan fingerprint density at radius 2 is 1.60 bits per heavy atom. The SMILES string of the molecule is CN(C)Cc1ccccc1Sc1cc(Cl)cc(Cl)c1.Cl. The van der Waals surface area contributed by atoms with E-state index in [0.717, 1.165) is 11.4 Å². The van der Waals surface area contributed by atoms with Gasteiger partial charge in [-0.3, -0.25) is 0 Å². The second-order valence-corrected chi connectivity index (χ2v) is 6.54. The molecular formula is C15H16Cl3NS. The molecule has 0 spiro atoms. The van der Waals surface area contributed by atoms with Crippen LogP contribution in [0.25, 0.3) is 0 Å². The number of halogens is 3. The van der Waals surface area contributed by atoms with Crippen molar-refractivity contribution in [3.63, 3.8) is 0 Å². The highest BCUT2D eigenvalue weighted by Crippen LogP contribution is 2.34. The summed E-state index contributed by atoms with van der Waals surface area (Å²) in [5, 5.41) is 1.33. The van der Waals surface area contributed by atoms with Gasteiger partial charge in [0.25, 0.3) is 0 Å². The predicted octanol–water partition coefficient (Wildman–Crippen LogP) is 5.63. The number of hydrogen-bond donors (Lipinski definition) is 0. The van der Waals surface area contributed by atoms with Gasteiger partial charge in [0.05, 0.1) is 0 Å². The lowest BCUT2D eigenvalue weighted by molar-refractivity contribution is 0.399. The van der Waals surface area contributed by atoms with Crippen LogP contribution in [0.1, 0.15) is 5.56 Å². The van der Waals surface area contributed by atoms with Crippen LogP contribution in [0.2, 0.25) is 10.0 Å². The van der Waals surface area contributed by atoms with Crippen LogP contribution in [0.5, 0.6) is 0 Å². The maximum Gasteiger partial charge on any atom is 0.0432 e. The van der Waals surface area contributed by atoms with E-state index in [9.17, 15) is 0 Å². The highest BCUT2D eigenvalue weighted by atomic mass is 35.5. The molecule has 0 aromatic heterocycles. The summed E-state index contributed by atoms with van der Waals surface area (Å²) in [6, 6.07) is 14.0. The summed E-state index contributed by atoms with van der Waals surface area (Å²) >= 11 is 13.8. The maximum absolute atomic E-state index is 6.03. The van der Waals surface area contributed by atoms with Gasteiger partial charge < -0.3 is 4.90 Å². The van der Waals surface area contributed by atoms with Crippen LogP contribution in [-0.2, 0) is 6.54 Å². The molecule has 2 aromatic rings. The number of nitrogens with zero attached hydrogens (tertiary/aromatic N) is 1. The maximum atomic E-state index is 6.03. The summed E-state index contributed by atoms with van der Waals surface area (Å²) in [6.45, 7) is 0.914. The van der Waals surface area contributed by atoms with Crippen LogP contribution < -0.4 is 0 Å². The van der Waals surface area contributed by atoms with Gasteiger partial charge in [-0.05, 0) is 43.9 Å². The molecule has 0 saturated heterocycles. The summed E-state index contributed by atoms with van der Waals surface area (Å²) in [4.78, 5) is 4.45. The molecule has 0 N–H and O–H groups in total. The third-order valence-corrected chi connectivity index (χ3v) is 4.05. The second kappa shape index (κ2) is 8.16. The Kier molecular flexibility index (Phi) is 7.21. The molecule has 0 atom stereocenters. The summed E-state index contributed by atoms with van der Waals surface area (Å²) in [6.07, 6.45) is 0. The van der Waals surface area contributed by atoms with E-state index in [2.05, 4.69) is 37.2 Å². The van der Waals surface area contributed by atoms with Gasteiger partial charge >= 0.3 is 0 Å². The Morgan fingerprint density at radius 3 is 2.20 bits per heavy atom. The van der Waals surface area contributed by atoms with Gasteiger partial charge in [-0.15, -0.1) is 12.4 Å². The van der Waals surface area contributed by atoms with E-state index >= 15 is 0 Å². The number of benzene rings is 2. The Labute approximate surface area is 140 Å². The van der Waals surface area contributed by atoms with Crippen LogP contribution in [-0.4, -0.2) is 19.0 Å². The molecule has 0 saturated carbocycles. The average molecular weight is 349 g/mol. The Bertz CT molecular complexity index is 553. The van der Waals surface area contributed by atoms with Gasteiger partial charge in [-0.2, -0.15) is 0 Å². The standard InChI is InChI=1S/C15H15Cl2NS.ClH/c1-18(2)10-11-5-3-4-6-15(11)19-14-8-12(16)7-13(17)9-14;/h3-9H,10H2,1-2H3;1H. The molecule has 0 radical (unpaired) electrons. The molecule has 0 amide bonds. The minimum Gasteiger partial charge on any atom is -0.305 e. The molecule has 0 bridgehead atoms. The van der Waals surface area contributed by atoms with Gasteiger partial charge in [-0.1, -0.05) is 53.2 Å². The summed E-state index contributed by atoms with van der Waals surface area (Å²) < 4.78 is 0. The van der Waals surface area contributed by atoms with Crippen molar-refractivity contribution in [2.75, 3.05) is 14.1 Å². The molecule has 2 aromatic carbocycles. The third kappa shape index (κ3) is 5.19. The van der Waals surface area contributed by atoms with E-state index in [4.69, 9.17) is 23.2 Å². The van der Waals surface area contributed by atoms with Crippen LogP contribution in [0.3, 0.4) is 0 Å². The van der Waals surface area contributed by atoms with Gasteiger partial charge in [0.1, 0.15) is 0 Å². The van der Waals surface area contributed by atoms with E-state index in [1.165, 1.54) is 10.5 Å². The first-order chi connectivity index (χ1) is 9.04. The summed E-state index contributed by atoms with van der Waals surface area (Å²) in [5.41, 5.74) is 1.30. The number of rotatable bonds is 4. The fraction of sp³-hybridized carbons (Fsp3) is 0.200. The molecule has 2 rings (SSSR count). The molecule has 0 fully saturated rings. The lowest BCUT2D eigenvalue weighted by atomic mass is 10.2. The van der Waals surface area contributed by atoms with Crippen molar-refractivity contribution in [3.8, 4) is 0 Å². The van der Waals surface area contributed by atoms with Crippen molar-refractivity contribution in [2.45, 2.75) is 16.3 Å². The number of hydrogen-bond acceptors (Lipinski definition) is 2. The van der Waals surface area contributed by atoms with Crippen LogP contribution >= 0.6 is 47.4 Å². The summed E-state index contributed by atoms with van der Waals surface area (Å²) in [5.74, 6) is 0. The molecule has 108 valence electrons. The highest BCUT2D eigenvalue weighted by Gasteiger charge is 2.06. The fourth-order valence-electron chi connectivity index (χ4n) is 1.79. The van der Waals surface area contributed by atoms with E-state index in [1.54, 1.807) is 17.8 Å². The van der Waals surface area contributed by atoms with Crippen molar-refractivity contribution in [1.29, 1.82) is 0 Å². The zero-order valence-corrected chi connectivity index (χ0v) is 14.4. The fourth-order valence-corrected chi connectivity index (χ4v) is 3.48. The predicted molar refractivity (Wildman–Crippen MR) is 91.7 cm³/mol. The lowest BCUT2D eigenvalue weighted by Crippen LogP contribution is -2.11. The molecule has 1 nitrogen and oxygen atoms in total. The van der Waals surface area contributed by atoms with Crippen molar-refractivity contribution >= 4 is 47.4 Å². The first-order valence-electron chi connectivity index (χ1n) is 5.91. The smallest absolute Gasteiger partial charge is 0.0432 e. The quantitative estimate of drug-likeness (QED) is 0.704. The topological polar surface area (TPSA) is 3.24 Å². The van der Waals surface area contributed by atoms with Crippen molar-refractivity contribution < 1.29 is 0 Å². The van der Waals surface area contributed by atoms with E-state index in [0.29, 0.717) is 10.0 Å². The van der Waals surface area contributed by atoms with Gasteiger partial charge in [0, 0.05) is 26.4 Å². The lowest BCUT2D eigenvalue weighted by Gasteiger charge is -2.14. The molecule has 0 aliphatic heterocycles. The van der Waals surface area contributed by atoms with Crippen LogP contribution in [0.4, 0.5) is 0 Å². The largest absolute Gasteiger partial charge is 0.305 e. The Balaban J connectivity index is 0.00000200. The van der Waals surface area contributed by atoms with Gasteiger partial charge in [0.2, 0.25) is 0 Å². The minimum atomic E-state index is 0. The molecule has 0 unspecified atom stereocenters. The molecule has 20 heavy (non-hydrogen) atoms. The van der Waals surface area contributed by atoms with Gasteiger partial charge in [0.15, 0.2) is 0 Å². The monoisotopic (exact) mass is 347 g/mol. The van der Waals surface area contributed by atoms with E-state index in [-0.39, 0.29) is 12.4 Å². The van der Waals surface area contributed by atoms with Crippen LogP contribution in [0, 0.1) is 0 Å². The zero-order valence-electron chi connectivity index (χ0n) is 11.3. The first-order valence-corrected chi connectivity index (χ1v) is 7.48. The summed E-state index contributed by atoms with van der Waals surface area (Å²) in [7, 11) is 4.13. The van der Waals surface area contributed by atoms with Crippen molar-refractivity contribution in [1.82, 2.24) is 4.90 Å². The minimum absolute atomic E-state index is 0. The van der Waals surface area contributed by atoms with Crippen molar-refractivity contribution in [2.24, 2.45) is 0 Å². The molecular weight excluding hydrogens is 333 g/mol.